The first-order valence-electron chi connectivity index (χ1n) is 22.3. The molecule has 1 N–H and O–H groups in total. The Balaban J connectivity index is 0.00000576. The molecule has 0 unspecified atom stereocenters. The van der Waals surface area contributed by atoms with Crippen molar-refractivity contribution in [2.45, 2.75) is 52.8 Å². The molecule has 4 nitrogen and oxygen atoms in total. The first kappa shape index (κ1) is 36.5. The molecule has 0 radical (unpaired) electrons. The third-order valence-corrected chi connectivity index (χ3v) is 11.2. The van der Waals surface area contributed by atoms with E-state index < -0.39 is 12.7 Å². The second-order valence-electron chi connectivity index (χ2n) is 16.6. The van der Waals surface area contributed by atoms with Gasteiger partial charge in [-0.1, -0.05) is 161 Å². The van der Waals surface area contributed by atoms with E-state index in [-0.39, 0.29) is 37.8 Å². The summed E-state index contributed by atoms with van der Waals surface area (Å²) < 4.78 is 36.7. The third kappa shape index (κ3) is 8.13. The van der Waals surface area contributed by atoms with Gasteiger partial charge in [0.25, 0.3) is 0 Å². The van der Waals surface area contributed by atoms with Gasteiger partial charge in [0.2, 0.25) is 0 Å². The minimum absolute atomic E-state index is 0. The van der Waals surface area contributed by atoms with Gasteiger partial charge < -0.3 is 5.11 Å². The standard InChI is InChI=1S/C56H48N3O.Pt/c1-36(2)38-24-26-39(27-25-38)42-28-29-57-50(34-42)44-31-43(32-45(33-44)56(4,5)6)46-21-15-22-51-54(46)58-55(47-20-13-14-23-53(47)60)59(51)52-35-48(40-16-9-7-10-17-40)37(3)30-49(52)41-18-11-8-12-19-41;/h7-30,32-36,60H,1-6H3;/q-1;/i3D3,36D;. The molecule has 61 heavy (non-hydrogen) atoms. The quantitative estimate of drug-likeness (QED) is 0.154. The number of hydrogen-bond donors (Lipinski definition) is 1. The monoisotopic (exact) mass is 977 g/mol. The van der Waals surface area contributed by atoms with Crippen LogP contribution in [-0.2, 0) is 26.5 Å². The molecule has 0 saturated heterocycles. The van der Waals surface area contributed by atoms with Crippen LogP contribution in [0.15, 0.2) is 170 Å². The van der Waals surface area contributed by atoms with Crippen LogP contribution in [-0.4, -0.2) is 19.6 Å². The number of para-hydroxylation sites is 2. The Bertz CT molecular complexity index is 3170. The molecule has 7 aromatic carbocycles. The maximum Gasteiger partial charge on any atom is 0.148 e. The van der Waals surface area contributed by atoms with E-state index in [4.69, 9.17) is 15.5 Å². The largest absolute Gasteiger partial charge is 0.507 e. The van der Waals surface area contributed by atoms with Crippen LogP contribution in [0.1, 0.15) is 62.7 Å². The van der Waals surface area contributed by atoms with Crippen molar-refractivity contribution in [1.82, 2.24) is 14.5 Å². The second-order valence-corrected chi connectivity index (χ2v) is 16.6. The van der Waals surface area contributed by atoms with E-state index in [1.54, 1.807) is 18.2 Å². The molecule has 2 heterocycles. The van der Waals surface area contributed by atoms with Crippen LogP contribution in [0.3, 0.4) is 0 Å². The molecule has 5 heteroatoms. The van der Waals surface area contributed by atoms with Gasteiger partial charge in [0.15, 0.2) is 0 Å². The zero-order valence-electron chi connectivity index (χ0n) is 38.8. The molecule has 2 aromatic heterocycles. The molecule has 0 aliphatic carbocycles. The SMILES string of the molecule is [2H]C([2H])([2H])c1cc(-c2ccccc2)c(-n2c(-c3ccccc3O)nc3c(-c4[c-]c(-c5cc(-c6ccc(C([2H])(C)C)cc6)ccn5)cc(C(C)(C)C)c4)cccc32)cc1-c1ccccc1.[Pt]. The number of fused-ring (bicyclic) bond motifs is 1. The number of imidazole rings is 1. The molecule has 0 amide bonds. The molecule has 0 bridgehead atoms. The fraction of sp³-hybridized carbons (Fsp3) is 0.143. The number of benzene rings is 7. The summed E-state index contributed by atoms with van der Waals surface area (Å²) in [7, 11) is 0. The molecule has 304 valence electrons. The number of phenolic OH excluding ortho intramolecular Hbond substituents is 1. The first-order valence-corrected chi connectivity index (χ1v) is 20.3. The van der Waals surface area contributed by atoms with Crippen molar-refractivity contribution in [1.29, 1.82) is 0 Å². The van der Waals surface area contributed by atoms with E-state index in [0.717, 1.165) is 61.3 Å². The zero-order valence-corrected chi connectivity index (χ0v) is 37.0. The van der Waals surface area contributed by atoms with Crippen molar-refractivity contribution in [2.75, 3.05) is 0 Å². The Morgan fingerprint density at radius 3 is 1.97 bits per heavy atom. The summed E-state index contributed by atoms with van der Waals surface area (Å²) in [6.45, 7) is 7.95. The van der Waals surface area contributed by atoms with Gasteiger partial charge in [0.05, 0.1) is 22.3 Å². The van der Waals surface area contributed by atoms with Gasteiger partial charge in [-0.2, -0.15) is 0 Å². The van der Waals surface area contributed by atoms with Crippen LogP contribution in [0.4, 0.5) is 0 Å². The molecule has 0 atom stereocenters. The summed E-state index contributed by atoms with van der Waals surface area (Å²) in [6, 6.07) is 56.8. The average Bonchev–Trinajstić information content (AvgIpc) is 3.68. The number of aromatic nitrogens is 3. The maximum absolute atomic E-state index is 11.5. The molecular weight excluding hydrogens is 926 g/mol. The zero-order chi connectivity index (χ0) is 45.0. The van der Waals surface area contributed by atoms with E-state index in [1.165, 1.54) is 0 Å². The molecule has 9 aromatic rings. The van der Waals surface area contributed by atoms with E-state index in [9.17, 15) is 5.11 Å². The van der Waals surface area contributed by atoms with Crippen LogP contribution in [0.25, 0.3) is 83.9 Å². The summed E-state index contributed by atoms with van der Waals surface area (Å²) in [5.41, 5.74) is 13.0. The van der Waals surface area contributed by atoms with Gasteiger partial charge in [-0.05, 0) is 93.5 Å². The number of nitrogens with zero attached hydrogens (tertiary/aromatic N) is 3. The Hall–Kier alpha value is -6.35. The first-order chi connectivity index (χ1) is 30.5. The van der Waals surface area contributed by atoms with Crippen molar-refractivity contribution in [3.63, 3.8) is 0 Å². The van der Waals surface area contributed by atoms with E-state index in [0.29, 0.717) is 33.7 Å². The van der Waals surface area contributed by atoms with Gasteiger partial charge in [0.1, 0.15) is 11.6 Å². The summed E-state index contributed by atoms with van der Waals surface area (Å²) in [5.74, 6) is -0.127. The van der Waals surface area contributed by atoms with E-state index >= 15 is 0 Å². The number of phenols is 1. The van der Waals surface area contributed by atoms with Crippen LogP contribution in [0.5, 0.6) is 5.75 Å². The van der Waals surface area contributed by atoms with Gasteiger partial charge in [-0.25, -0.2) is 4.98 Å². The Labute approximate surface area is 379 Å². The maximum atomic E-state index is 11.5. The number of aryl methyl sites for hydroxylation is 1. The van der Waals surface area contributed by atoms with Gasteiger partial charge in [-0.3, -0.25) is 9.55 Å². The van der Waals surface area contributed by atoms with Crippen molar-refractivity contribution < 1.29 is 31.7 Å². The van der Waals surface area contributed by atoms with Crippen LogP contribution in [0, 0.1) is 12.9 Å². The normalized spacial score (nSPS) is 12.9. The second kappa shape index (κ2) is 17.0. The number of rotatable bonds is 8. The predicted molar refractivity (Wildman–Crippen MR) is 250 cm³/mol. The third-order valence-electron chi connectivity index (χ3n) is 11.2. The summed E-state index contributed by atoms with van der Waals surface area (Å²) in [5, 5.41) is 11.5. The minimum atomic E-state index is -2.41. The topological polar surface area (TPSA) is 50.9 Å². The van der Waals surface area contributed by atoms with Gasteiger partial charge in [-0.15, -0.1) is 29.3 Å². The van der Waals surface area contributed by atoms with E-state index in [2.05, 4.69) is 67.8 Å². The predicted octanol–water partition coefficient (Wildman–Crippen LogP) is 14.7. The van der Waals surface area contributed by atoms with Crippen molar-refractivity contribution in [3.8, 4) is 78.6 Å². The van der Waals surface area contributed by atoms with Gasteiger partial charge in [0, 0.05) is 44.0 Å². The molecule has 0 aliphatic rings. The van der Waals surface area contributed by atoms with Crippen molar-refractivity contribution in [3.05, 3.63) is 193 Å². The fourth-order valence-electron chi connectivity index (χ4n) is 7.92. The Kier molecular flexibility index (Phi) is 10.1. The summed E-state index contributed by atoms with van der Waals surface area (Å²) in [6.07, 6.45) is 1.83. The Morgan fingerprint density at radius 2 is 1.30 bits per heavy atom. The Morgan fingerprint density at radius 1 is 0.639 bits per heavy atom. The number of aromatic hydroxyl groups is 1. The van der Waals surface area contributed by atoms with Gasteiger partial charge >= 0.3 is 0 Å². The number of hydrogen-bond acceptors (Lipinski definition) is 3. The molecule has 0 aliphatic heterocycles. The van der Waals surface area contributed by atoms with Crippen LogP contribution < -0.4 is 0 Å². The van der Waals surface area contributed by atoms with Crippen molar-refractivity contribution in [2.24, 2.45) is 0 Å². The molecule has 0 fully saturated rings. The summed E-state index contributed by atoms with van der Waals surface area (Å²) in [4.78, 5) is 10.3. The van der Waals surface area contributed by atoms with E-state index in [1.807, 2.05) is 129 Å². The van der Waals surface area contributed by atoms with Crippen LogP contribution >= 0.6 is 0 Å². The fourth-order valence-corrected chi connectivity index (χ4v) is 7.92. The number of pyridine rings is 1. The summed E-state index contributed by atoms with van der Waals surface area (Å²) >= 11 is 0. The minimum Gasteiger partial charge on any atom is -0.507 e. The molecule has 9 rings (SSSR count). The average molecular weight is 978 g/mol. The molecule has 0 saturated carbocycles. The van der Waals surface area contributed by atoms with Crippen LogP contribution in [0.2, 0.25) is 0 Å². The smallest absolute Gasteiger partial charge is 0.148 e. The molecular formula is C56H48N3OPt-. The molecule has 0 spiro atoms. The van der Waals surface area contributed by atoms with Crippen molar-refractivity contribution >= 4 is 11.0 Å².